The van der Waals surface area contributed by atoms with Crippen LogP contribution in [0, 0.1) is 13.8 Å². The Morgan fingerprint density at radius 1 is 1.32 bits per heavy atom. The lowest BCUT2D eigenvalue weighted by molar-refractivity contribution is 0.0690. The van der Waals surface area contributed by atoms with Gasteiger partial charge in [-0.2, -0.15) is 0 Å². The highest BCUT2D eigenvalue weighted by atomic mass is 35.5. The molecule has 1 aromatic heterocycles. The van der Waals surface area contributed by atoms with Crippen LogP contribution in [0.4, 0.5) is 0 Å². The van der Waals surface area contributed by atoms with Crippen molar-refractivity contribution in [1.82, 2.24) is 10.3 Å². The van der Waals surface area contributed by atoms with Gasteiger partial charge in [0.05, 0.1) is 15.6 Å². The third-order valence-corrected chi connectivity index (χ3v) is 4.44. The average Bonchev–Trinajstić information content (AvgIpc) is 2.91. The lowest BCUT2D eigenvalue weighted by Gasteiger charge is -2.09. The molecule has 1 amide bonds. The van der Waals surface area contributed by atoms with Crippen LogP contribution in [-0.2, 0) is 6.42 Å². The van der Waals surface area contributed by atoms with Crippen molar-refractivity contribution in [2.24, 2.45) is 0 Å². The molecule has 1 aromatic carbocycles. The van der Waals surface area contributed by atoms with Crippen LogP contribution < -0.4 is 5.32 Å². The first-order chi connectivity index (χ1) is 10.4. The smallest absolute Gasteiger partial charge is 0.355 e. The van der Waals surface area contributed by atoms with E-state index in [4.69, 9.17) is 16.7 Å². The molecule has 1 heterocycles. The number of aryl methyl sites for hydroxylation is 2. The van der Waals surface area contributed by atoms with Crippen molar-refractivity contribution in [1.29, 1.82) is 0 Å². The fourth-order valence-electron chi connectivity index (χ4n) is 1.86. The van der Waals surface area contributed by atoms with Gasteiger partial charge in [-0.05, 0) is 37.1 Å². The van der Waals surface area contributed by atoms with E-state index in [0.29, 0.717) is 28.6 Å². The number of halogens is 1. The molecule has 0 aliphatic carbocycles. The first-order valence-electron chi connectivity index (χ1n) is 6.61. The molecule has 0 aliphatic heterocycles. The maximum absolute atomic E-state index is 12.1. The third kappa shape index (κ3) is 3.84. The summed E-state index contributed by atoms with van der Waals surface area (Å²) >= 11 is 7.36. The second-order valence-electron chi connectivity index (χ2n) is 4.85. The van der Waals surface area contributed by atoms with E-state index in [-0.39, 0.29) is 11.6 Å². The zero-order valence-electron chi connectivity index (χ0n) is 12.1. The minimum atomic E-state index is -1.05. The van der Waals surface area contributed by atoms with Crippen LogP contribution in [0.5, 0.6) is 0 Å². The van der Waals surface area contributed by atoms with E-state index in [1.807, 2.05) is 13.8 Å². The number of carbonyl (C=O) groups is 2. The summed E-state index contributed by atoms with van der Waals surface area (Å²) in [6, 6.07) is 3.53. The van der Waals surface area contributed by atoms with Crippen LogP contribution >= 0.6 is 22.9 Å². The van der Waals surface area contributed by atoms with Gasteiger partial charge in [0.2, 0.25) is 0 Å². The van der Waals surface area contributed by atoms with Crippen LogP contribution in [0.15, 0.2) is 17.5 Å². The summed E-state index contributed by atoms with van der Waals surface area (Å²) in [5.74, 6) is -1.29. The van der Waals surface area contributed by atoms with Crippen LogP contribution in [0.1, 0.15) is 37.0 Å². The molecule has 0 saturated heterocycles. The highest BCUT2D eigenvalue weighted by molar-refractivity contribution is 7.09. The molecule has 2 aromatic rings. The predicted molar refractivity (Wildman–Crippen MR) is 86.0 cm³/mol. The van der Waals surface area contributed by atoms with Gasteiger partial charge >= 0.3 is 5.97 Å². The Morgan fingerprint density at radius 2 is 2.00 bits per heavy atom. The zero-order valence-corrected chi connectivity index (χ0v) is 13.7. The van der Waals surface area contributed by atoms with Crippen molar-refractivity contribution < 1.29 is 14.7 Å². The number of nitrogens with zero attached hydrogens (tertiary/aromatic N) is 1. The minimum absolute atomic E-state index is 0.0310. The van der Waals surface area contributed by atoms with Crippen molar-refractivity contribution in [2.45, 2.75) is 20.3 Å². The van der Waals surface area contributed by atoms with E-state index in [2.05, 4.69) is 10.3 Å². The van der Waals surface area contributed by atoms with E-state index in [0.717, 1.165) is 11.1 Å². The average molecular weight is 339 g/mol. The Balaban J connectivity index is 1.95. The number of carboxylic acids is 1. The molecule has 0 atom stereocenters. The Morgan fingerprint density at radius 3 is 2.64 bits per heavy atom. The highest BCUT2D eigenvalue weighted by Gasteiger charge is 2.12. The van der Waals surface area contributed by atoms with Crippen LogP contribution in [-0.4, -0.2) is 28.5 Å². The molecule has 22 heavy (non-hydrogen) atoms. The van der Waals surface area contributed by atoms with E-state index < -0.39 is 5.97 Å². The molecule has 7 heteroatoms. The van der Waals surface area contributed by atoms with Crippen molar-refractivity contribution in [2.75, 3.05) is 6.54 Å². The number of hydrogen-bond acceptors (Lipinski definition) is 4. The topological polar surface area (TPSA) is 79.3 Å². The first-order valence-corrected chi connectivity index (χ1v) is 7.87. The van der Waals surface area contributed by atoms with Crippen molar-refractivity contribution in [3.05, 3.63) is 49.9 Å². The first kappa shape index (κ1) is 16.5. The number of rotatable bonds is 5. The van der Waals surface area contributed by atoms with Gasteiger partial charge in [-0.15, -0.1) is 11.3 Å². The Kier molecular flexibility index (Phi) is 5.15. The molecule has 2 rings (SSSR count). The normalized spacial score (nSPS) is 10.5. The summed E-state index contributed by atoms with van der Waals surface area (Å²) in [4.78, 5) is 26.8. The van der Waals surface area contributed by atoms with Crippen LogP contribution in [0.25, 0.3) is 0 Å². The molecule has 116 valence electrons. The standard InChI is InChI=1S/C15H15ClN2O3S/c1-8-5-10(11(16)6-9(8)2)14(19)17-4-3-13-18-12(7-22-13)15(20)21/h5-7H,3-4H2,1-2H3,(H,17,19)(H,20,21). The Labute approximate surface area is 137 Å². The molecule has 0 spiro atoms. The number of thiazole rings is 1. The van der Waals surface area contributed by atoms with Gasteiger partial charge in [0.15, 0.2) is 5.69 Å². The number of amides is 1. The van der Waals surface area contributed by atoms with E-state index >= 15 is 0 Å². The summed E-state index contributed by atoms with van der Waals surface area (Å²) in [5.41, 5.74) is 2.50. The van der Waals surface area contributed by atoms with Crippen molar-refractivity contribution in [3.63, 3.8) is 0 Å². The number of carboxylic acid groups (broad SMARTS) is 1. The lowest BCUT2D eigenvalue weighted by Crippen LogP contribution is -2.26. The fraction of sp³-hybridized carbons (Fsp3) is 0.267. The minimum Gasteiger partial charge on any atom is -0.476 e. The second-order valence-corrected chi connectivity index (χ2v) is 6.20. The lowest BCUT2D eigenvalue weighted by atomic mass is 10.1. The molecule has 5 nitrogen and oxygen atoms in total. The largest absolute Gasteiger partial charge is 0.476 e. The number of aromatic carboxylic acids is 1. The SMILES string of the molecule is Cc1cc(Cl)c(C(=O)NCCc2nc(C(=O)O)cs2)cc1C. The van der Waals surface area contributed by atoms with Gasteiger partial charge in [-0.3, -0.25) is 4.79 Å². The summed E-state index contributed by atoms with van der Waals surface area (Å²) in [7, 11) is 0. The highest BCUT2D eigenvalue weighted by Crippen LogP contribution is 2.20. The zero-order chi connectivity index (χ0) is 16.3. The molecule has 0 bridgehead atoms. The quantitative estimate of drug-likeness (QED) is 0.878. The van der Waals surface area contributed by atoms with Crippen molar-refractivity contribution >= 4 is 34.8 Å². The van der Waals surface area contributed by atoms with Gasteiger partial charge in [0.1, 0.15) is 0 Å². The molecular weight excluding hydrogens is 324 g/mol. The van der Waals surface area contributed by atoms with Gasteiger partial charge in [0, 0.05) is 18.3 Å². The monoisotopic (exact) mass is 338 g/mol. The maximum atomic E-state index is 12.1. The van der Waals surface area contributed by atoms with Crippen LogP contribution in [0.3, 0.4) is 0 Å². The third-order valence-electron chi connectivity index (χ3n) is 3.22. The number of nitrogens with one attached hydrogen (secondary N) is 1. The summed E-state index contributed by atoms with van der Waals surface area (Å²) < 4.78 is 0. The number of hydrogen-bond donors (Lipinski definition) is 2. The van der Waals surface area contributed by atoms with Gasteiger partial charge in [-0.1, -0.05) is 11.6 Å². The van der Waals surface area contributed by atoms with Gasteiger partial charge in [-0.25, -0.2) is 9.78 Å². The predicted octanol–water partition coefficient (Wildman–Crippen LogP) is 3.08. The molecule has 2 N–H and O–H groups in total. The summed E-state index contributed by atoms with van der Waals surface area (Å²) in [6.45, 7) is 4.23. The number of benzene rings is 1. The number of aromatic nitrogens is 1. The van der Waals surface area contributed by atoms with Crippen LogP contribution in [0.2, 0.25) is 5.02 Å². The second kappa shape index (κ2) is 6.89. The summed E-state index contributed by atoms with van der Waals surface area (Å²) in [5, 5.41) is 14.1. The molecular formula is C15H15ClN2O3S. The van der Waals surface area contributed by atoms with Gasteiger partial charge < -0.3 is 10.4 Å². The molecule has 0 aliphatic rings. The summed E-state index contributed by atoms with van der Waals surface area (Å²) in [6.07, 6.45) is 0.478. The van der Waals surface area contributed by atoms with Gasteiger partial charge in [0.25, 0.3) is 5.91 Å². The number of carbonyl (C=O) groups excluding carboxylic acids is 1. The van der Waals surface area contributed by atoms with Crippen molar-refractivity contribution in [3.8, 4) is 0 Å². The van der Waals surface area contributed by atoms with E-state index in [1.165, 1.54) is 16.7 Å². The van der Waals surface area contributed by atoms with E-state index in [9.17, 15) is 9.59 Å². The fourth-order valence-corrected chi connectivity index (χ4v) is 2.93. The molecule has 0 fully saturated rings. The Bertz CT molecular complexity index is 728. The molecule has 0 unspecified atom stereocenters. The molecule has 0 saturated carbocycles. The Hall–Kier alpha value is -1.92. The molecule has 0 radical (unpaired) electrons. The maximum Gasteiger partial charge on any atom is 0.355 e. The van der Waals surface area contributed by atoms with E-state index in [1.54, 1.807) is 12.1 Å².